The molecule has 1 rings (SSSR count). The Morgan fingerprint density at radius 1 is 1.44 bits per heavy atom. The SMILES string of the molecule is Cc1cc(C(C)NCCS(C)(=O)=O)c(C)o1. The zero-order chi connectivity index (χ0) is 12.3. The molecule has 5 heteroatoms. The summed E-state index contributed by atoms with van der Waals surface area (Å²) in [4.78, 5) is 0. The van der Waals surface area contributed by atoms with Crippen LogP contribution in [-0.4, -0.2) is 27.0 Å². The van der Waals surface area contributed by atoms with Crippen molar-refractivity contribution in [1.82, 2.24) is 5.32 Å². The van der Waals surface area contributed by atoms with Crippen LogP contribution in [0.4, 0.5) is 0 Å². The van der Waals surface area contributed by atoms with E-state index in [1.165, 1.54) is 6.26 Å². The molecular weight excluding hydrogens is 226 g/mol. The molecule has 0 amide bonds. The number of sulfone groups is 1. The van der Waals surface area contributed by atoms with Gasteiger partial charge in [0.2, 0.25) is 0 Å². The van der Waals surface area contributed by atoms with Gasteiger partial charge in [0.05, 0.1) is 5.75 Å². The Kier molecular flexibility index (Phi) is 4.15. The molecule has 1 N–H and O–H groups in total. The summed E-state index contributed by atoms with van der Waals surface area (Å²) in [6, 6.07) is 2.09. The molecule has 0 spiro atoms. The third-order valence-electron chi connectivity index (χ3n) is 2.47. The Hall–Kier alpha value is -0.810. The van der Waals surface area contributed by atoms with Crippen LogP contribution in [-0.2, 0) is 9.84 Å². The number of furan rings is 1. The smallest absolute Gasteiger partial charge is 0.148 e. The maximum Gasteiger partial charge on any atom is 0.148 e. The average molecular weight is 245 g/mol. The molecule has 1 unspecified atom stereocenters. The maximum atomic E-state index is 11.0. The van der Waals surface area contributed by atoms with Crippen molar-refractivity contribution in [3.8, 4) is 0 Å². The molecule has 1 aromatic rings. The molecule has 1 atom stereocenters. The van der Waals surface area contributed by atoms with Crippen LogP contribution in [0.3, 0.4) is 0 Å². The lowest BCUT2D eigenvalue weighted by molar-refractivity contribution is 0.492. The normalized spacial score (nSPS) is 14.0. The molecule has 0 fully saturated rings. The molecule has 0 aromatic carbocycles. The summed E-state index contributed by atoms with van der Waals surface area (Å²) >= 11 is 0. The van der Waals surface area contributed by atoms with Crippen LogP contribution in [0.15, 0.2) is 10.5 Å². The van der Waals surface area contributed by atoms with Crippen LogP contribution in [0, 0.1) is 13.8 Å². The number of rotatable bonds is 5. The predicted octanol–water partition coefficient (Wildman–Crippen LogP) is 1.59. The van der Waals surface area contributed by atoms with E-state index in [0.29, 0.717) is 6.54 Å². The molecule has 4 nitrogen and oxygen atoms in total. The summed E-state index contributed by atoms with van der Waals surface area (Å²) in [5.74, 6) is 1.92. The highest BCUT2D eigenvalue weighted by molar-refractivity contribution is 7.90. The summed E-state index contributed by atoms with van der Waals surface area (Å²) < 4.78 is 27.3. The van der Waals surface area contributed by atoms with E-state index in [1.807, 2.05) is 26.8 Å². The van der Waals surface area contributed by atoms with Crippen LogP contribution >= 0.6 is 0 Å². The van der Waals surface area contributed by atoms with Gasteiger partial charge in [-0.15, -0.1) is 0 Å². The molecule has 0 saturated heterocycles. The molecule has 0 saturated carbocycles. The van der Waals surface area contributed by atoms with Gasteiger partial charge in [0.25, 0.3) is 0 Å². The second-order valence-electron chi connectivity index (χ2n) is 4.17. The number of hydrogen-bond acceptors (Lipinski definition) is 4. The second-order valence-corrected chi connectivity index (χ2v) is 6.43. The van der Waals surface area contributed by atoms with E-state index in [1.54, 1.807) is 0 Å². The molecule has 1 aromatic heterocycles. The first-order valence-electron chi connectivity index (χ1n) is 5.27. The van der Waals surface area contributed by atoms with Crippen LogP contribution in [0.1, 0.15) is 30.0 Å². The van der Waals surface area contributed by atoms with Gasteiger partial charge >= 0.3 is 0 Å². The number of hydrogen-bond donors (Lipinski definition) is 1. The Balaban J connectivity index is 2.53. The Morgan fingerprint density at radius 2 is 2.06 bits per heavy atom. The highest BCUT2D eigenvalue weighted by Gasteiger charge is 2.12. The van der Waals surface area contributed by atoms with Gasteiger partial charge in [-0.05, 0) is 26.8 Å². The van der Waals surface area contributed by atoms with Crippen molar-refractivity contribution in [3.05, 3.63) is 23.2 Å². The Bertz CT molecular complexity index is 448. The van der Waals surface area contributed by atoms with E-state index in [4.69, 9.17) is 4.42 Å². The average Bonchev–Trinajstić information content (AvgIpc) is 2.43. The van der Waals surface area contributed by atoms with Crippen molar-refractivity contribution in [3.63, 3.8) is 0 Å². The van der Waals surface area contributed by atoms with Gasteiger partial charge in [0.15, 0.2) is 0 Å². The summed E-state index contributed by atoms with van der Waals surface area (Å²) in [5.41, 5.74) is 1.09. The number of nitrogens with one attached hydrogen (secondary N) is 1. The van der Waals surface area contributed by atoms with Gasteiger partial charge in [-0.2, -0.15) is 0 Å². The van der Waals surface area contributed by atoms with Gasteiger partial charge in [-0.25, -0.2) is 8.42 Å². The van der Waals surface area contributed by atoms with Crippen LogP contribution in [0.2, 0.25) is 0 Å². The molecular formula is C11H19NO3S. The molecule has 0 aliphatic rings. The maximum absolute atomic E-state index is 11.0. The quantitative estimate of drug-likeness (QED) is 0.856. The zero-order valence-corrected chi connectivity index (χ0v) is 11.0. The van der Waals surface area contributed by atoms with E-state index in [9.17, 15) is 8.42 Å². The summed E-state index contributed by atoms with van der Waals surface area (Å²) in [6.45, 7) is 6.28. The monoisotopic (exact) mass is 245 g/mol. The lowest BCUT2D eigenvalue weighted by Crippen LogP contribution is -2.25. The van der Waals surface area contributed by atoms with Crippen molar-refractivity contribution in [2.24, 2.45) is 0 Å². The van der Waals surface area contributed by atoms with Crippen molar-refractivity contribution < 1.29 is 12.8 Å². The van der Waals surface area contributed by atoms with E-state index in [2.05, 4.69) is 5.32 Å². The first-order chi connectivity index (χ1) is 7.29. The second kappa shape index (κ2) is 5.01. The highest BCUT2D eigenvalue weighted by Crippen LogP contribution is 2.20. The van der Waals surface area contributed by atoms with Crippen LogP contribution in [0.5, 0.6) is 0 Å². The Morgan fingerprint density at radius 3 is 2.50 bits per heavy atom. The largest absolute Gasteiger partial charge is 0.466 e. The molecule has 0 aliphatic heterocycles. The van der Waals surface area contributed by atoms with Crippen molar-refractivity contribution in [2.45, 2.75) is 26.8 Å². The predicted molar refractivity (Wildman–Crippen MR) is 64.3 cm³/mol. The molecule has 92 valence electrons. The minimum absolute atomic E-state index is 0.110. The highest BCUT2D eigenvalue weighted by atomic mass is 32.2. The molecule has 0 aliphatic carbocycles. The standard InChI is InChI=1S/C11H19NO3S/c1-8-7-11(10(3)15-8)9(2)12-5-6-16(4,13)14/h7,9,12H,5-6H2,1-4H3. The summed E-state index contributed by atoms with van der Waals surface area (Å²) in [7, 11) is -2.89. The molecule has 0 radical (unpaired) electrons. The zero-order valence-electron chi connectivity index (χ0n) is 10.2. The Labute approximate surface area is 97.0 Å². The van der Waals surface area contributed by atoms with E-state index >= 15 is 0 Å². The minimum Gasteiger partial charge on any atom is -0.466 e. The lowest BCUT2D eigenvalue weighted by Gasteiger charge is -2.12. The third-order valence-corrected chi connectivity index (χ3v) is 3.41. The fourth-order valence-electron chi connectivity index (χ4n) is 1.65. The van der Waals surface area contributed by atoms with Gasteiger partial charge in [0, 0.05) is 24.4 Å². The lowest BCUT2D eigenvalue weighted by atomic mass is 10.1. The third kappa shape index (κ3) is 3.98. The van der Waals surface area contributed by atoms with E-state index in [0.717, 1.165) is 17.1 Å². The van der Waals surface area contributed by atoms with Crippen molar-refractivity contribution in [1.29, 1.82) is 0 Å². The first-order valence-corrected chi connectivity index (χ1v) is 7.33. The fourth-order valence-corrected chi connectivity index (χ4v) is 2.14. The van der Waals surface area contributed by atoms with Crippen LogP contribution < -0.4 is 5.32 Å². The fraction of sp³-hybridized carbons (Fsp3) is 0.636. The van der Waals surface area contributed by atoms with Crippen molar-refractivity contribution in [2.75, 3.05) is 18.6 Å². The summed E-state index contributed by atoms with van der Waals surface area (Å²) in [6.07, 6.45) is 1.24. The molecule has 16 heavy (non-hydrogen) atoms. The molecule has 1 heterocycles. The summed E-state index contributed by atoms with van der Waals surface area (Å²) in [5, 5.41) is 3.17. The molecule has 0 bridgehead atoms. The minimum atomic E-state index is -2.89. The van der Waals surface area contributed by atoms with E-state index in [-0.39, 0.29) is 11.8 Å². The van der Waals surface area contributed by atoms with Gasteiger partial charge in [0.1, 0.15) is 21.4 Å². The topological polar surface area (TPSA) is 59.3 Å². The van der Waals surface area contributed by atoms with Crippen LogP contribution in [0.25, 0.3) is 0 Å². The van der Waals surface area contributed by atoms with Crippen molar-refractivity contribution >= 4 is 9.84 Å². The van der Waals surface area contributed by atoms with Gasteiger partial charge in [-0.1, -0.05) is 0 Å². The van der Waals surface area contributed by atoms with Gasteiger partial charge in [-0.3, -0.25) is 0 Å². The van der Waals surface area contributed by atoms with E-state index < -0.39 is 9.84 Å². The number of aryl methyl sites for hydroxylation is 2. The van der Waals surface area contributed by atoms with Gasteiger partial charge < -0.3 is 9.73 Å². The first kappa shape index (κ1) is 13.3.